The molecule has 2 fully saturated rings. The van der Waals surface area contributed by atoms with Gasteiger partial charge in [-0.2, -0.15) is 0 Å². The zero-order valence-electron chi connectivity index (χ0n) is 24.5. The number of nitrogens with zero attached hydrogens (tertiary/aromatic N) is 3. The number of amides is 3. The Hall–Kier alpha value is -3.75. The molecule has 2 saturated heterocycles. The highest BCUT2D eigenvalue weighted by atomic mass is 16.5. The lowest BCUT2D eigenvalue weighted by Gasteiger charge is -2.37. The van der Waals surface area contributed by atoms with Gasteiger partial charge >= 0.3 is 0 Å². The van der Waals surface area contributed by atoms with Gasteiger partial charge in [-0.15, -0.1) is 0 Å². The molecule has 220 valence electrons. The number of para-hydroxylation sites is 1. The lowest BCUT2D eigenvalue weighted by atomic mass is 9.74. The fourth-order valence-electron chi connectivity index (χ4n) is 7.40. The molecule has 4 aliphatic heterocycles. The molecule has 1 N–H and O–H groups in total. The predicted molar refractivity (Wildman–Crippen MR) is 161 cm³/mol. The number of aryl methyl sites for hydroxylation is 2. The van der Waals surface area contributed by atoms with Crippen molar-refractivity contribution >= 4 is 29.1 Å². The standard InChI is InChI=1S/C34H39N3O5/c1-23-14-15-24(2)26(22-23)36-20-11-17-34-28(31(40)37(29(34)32(36)41)18-8-5-9-21-38)27-30(39)35(25-12-6-4-7-13-25)19-10-16-33(27,3)42-34/h4,6-7,10-17,22,27-29,38H,5,8-9,18-21H2,1-3H3/t27-,28+,29?,33+,34+/m1/s1. The van der Waals surface area contributed by atoms with Gasteiger partial charge in [-0.3, -0.25) is 14.4 Å². The second-order valence-corrected chi connectivity index (χ2v) is 12.1. The Morgan fingerprint density at radius 3 is 2.36 bits per heavy atom. The van der Waals surface area contributed by atoms with Crippen molar-refractivity contribution in [1.82, 2.24) is 4.90 Å². The number of unbranched alkanes of at least 4 members (excludes halogenated alkanes) is 2. The summed E-state index contributed by atoms with van der Waals surface area (Å²) in [6.07, 6.45) is 9.64. The van der Waals surface area contributed by atoms with Crippen LogP contribution in [0.25, 0.3) is 0 Å². The molecule has 0 bridgehead atoms. The van der Waals surface area contributed by atoms with Gasteiger partial charge < -0.3 is 24.5 Å². The summed E-state index contributed by atoms with van der Waals surface area (Å²) in [4.78, 5) is 48.8. The maximum absolute atomic E-state index is 14.7. The molecule has 1 unspecified atom stereocenters. The number of fused-ring (bicyclic) bond motifs is 2. The van der Waals surface area contributed by atoms with Crippen LogP contribution in [0.1, 0.15) is 37.3 Å². The molecule has 0 saturated carbocycles. The first-order chi connectivity index (χ1) is 20.2. The Kier molecular flexibility index (Phi) is 7.31. The van der Waals surface area contributed by atoms with Crippen LogP contribution < -0.4 is 9.80 Å². The van der Waals surface area contributed by atoms with E-state index in [0.717, 1.165) is 28.9 Å². The van der Waals surface area contributed by atoms with Crippen molar-refractivity contribution in [3.05, 3.63) is 84.0 Å². The first-order valence-corrected chi connectivity index (χ1v) is 14.9. The molecule has 0 radical (unpaired) electrons. The molecular weight excluding hydrogens is 530 g/mol. The summed E-state index contributed by atoms with van der Waals surface area (Å²) in [7, 11) is 0. The average molecular weight is 570 g/mol. The Labute approximate surface area is 247 Å². The SMILES string of the molecule is Cc1ccc(C)c(N2CC=C[C@]34O[C@@]5(C)C=CCN(c6ccccc6)C(=O)[C@H]5[C@H]3C(=O)N(CCCCCO)C4C2=O)c1. The molecule has 2 aromatic carbocycles. The normalized spacial score (nSPS) is 30.3. The molecule has 42 heavy (non-hydrogen) atoms. The number of carbonyl (C=O) groups excluding carboxylic acids is 3. The highest BCUT2D eigenvalue weighted by Crippen LogP contribution is 2.57. The molecule has 5 atom stereocenters. The molecule has 8 nitrogen and oxygen atoms in total. The van der Waals surface area contributed by atoms with Crippen molar-refractivity contribution in [2.75, 3.05) is 36.0 Å². The number of hydrogen-bond acceptors (Lipinski definition) is 5. The van der Waals surface area contributed by atoms with Crippen LogP contribution in [-0.2, 0) is 19.1 Å². The molecule has 0 aromatic heterocycles. The lowest BCUT2D eigenvalue weighted by molar-refractivity contribution is -0.144. The van der Waals surface area contributed by atoms with Gasteiger partial charge in [-0.1, -0.05) is 54.6 Å². The molecule has 2 aromatic rings. The van der Waals surface area contributed by atoms with E-state index in [1.165, 1.54) is 0 Å². The number of aliphatic hydroxyl groups excluding tert-OH is 1. The highest BCUT2D eigenvalue weighted by Gasteiger charge is 2.74. The van der Waals surface area contributed by atoms with Gasteiger partial charge in [0.05, 0.1) is 17.4 Å². The van der Waals surface area contributed by atoms with Gasteiger partial charge in [0.1, 0.15) is 11.6 Å². The minimum absolute atomic E-state index is 0.0751. The molecule has 3 amide bonds. The van der Waals surface area contributed by atoms with Gasteiger partial charge in [0, 0.05) is 37.6 Å². The molecule has 4 heterocycles. The number of rotatable bonds is 7. The topological polar surface area (TPSA) is 90.4 Å². The van der Waals surface area contributed by atoms with Crippen molar-refractivity contribution in [2.45, 2.75) is 57.3 Å². The molecule has 1 spiro atoms. The number of hydrogen-bond donors (Lipinski definition) is 1. The third-order valence-electron chi connectivity index (χ3n) is 9.34. The van der Waals surface area contributed by atoms with Crippen molar-refractivity contribution in [1.29, 1.82) is 0 Å². The highest BCUT2D eigenvalue weighted by molar-refractivity contribution is 6.07. The number of benzene rings is 2. The smallest absolute Gasteiger partial charge is 0.253 e. The zero-order chi connectivity index (χ0) is 29.6. The van der Waals surface area contributed by atoms with Crippen molar-refractivity contribution in [3.8, 4) is 0 Å². The molecule has 8 heteroatoms. The zero-order valence-corrected chi connectivity index (χ0v) is 24.5. The number of ether oxygens (including phenoxy) is 1. The van der Waals surface area contributed by atoms with Crippen LogP contribution in [0, 0.1) is 25.7 Å². The second kappa shape index (κ2) is 10.8. The van der Waals surface area contributed by atoms with Gasteiger partial charge in [0.2, 0.25) is 11.8 Å². The first kappa shape index (κ1) is 28.4. The van der Waals surface area contributed by atoms with E-state index in [-0.39, 0.29) is 24.3 Å². The third-order valence-corrected chi connectivity index (χ3v) is 9.34. The van der Waals surface area contributed by atoms with Crippen LogP contribution in [0.15, 0.2) is 72.8 Å². The summed E-state index contributed by atoms with van der Waals surface area (Å²) in [5, 5.41) is 9.33. The lowest BCUT2D eigenvalue weighted by Crippen LogP contribution is -2.56. The van der Waals surface area contributed by atoms with Gasteiger partial charge in [0.15, 0.2) is 0 Å². The van der Waals surface area contributed by atoms with Crippen molar-refractivity contribution in [3.63, 3.8) is 0 Å². The Morgan fingerprint density at radius 2 is 1.60 bits per heavy atom. The maximum atomic E-state index is 14.7. The number of carbonyl (C=O) groups is 3. The van der Waals surface area contributed by atoms with E-state index in [1.807, 2.05) is 93.6 Å². The summed E-state index contributed by atoms with van der Waals surface area (Å²) in [5.41, 5.74) is 1.21. The van der Waals surface area contributed by atoms with E-state index in [9.17, 15) is 19.5 Å². The van der Waals surface area contributed by atoms with Crippen LogP contribution >= 0.6 is 0 Å². The number of anilines is 2. The van der Waals surface area contributed by atoms with E-state index in [4.69, 9.17) is 4.74 Å². The summed E-state index contributed by atoms with van der Waals surface area (Å²) >= 11 is 0. The number of aliphatic hydroxyl groups is 1. The summed E-state index contributed by atoms with van der Waals surface area (Å²) in [5.74, 6) is -2.27. The van der Waals surface area contributed by atoms with Crippen LogP contribution in [0.4, 0.5) is 11.4 Å². The molecular formula is C34H39N3O5. The van der Waals surface area contributed by atoms with E-state index in [1.54, 1.807) is 14.7 Å². The van der Waals surface area contributed by atoms with E-state index in [2.05, 4.69) is 0 Å². The first-order valence-electron chi connectivity index (χ1n) is 14.9. The Balaban J connectivity index is 1.45. The monoisotopic (exact) mass is 569 g/mol. The quantitative estimate of drug-likeness (QED) is 0.403. The van der Waals surface area contributed by atoms with E-state index < -0.39 is 29.1 Å². The van der Waals surface area contributed by atoms with Crippen LogP contribution in [0.2, 0.25) is 0 Å². The largest absolute Gasteiger partial charge is 0.396 e. The van der Waals surface area contributed by atoms with Crippen LogP contribution in [-0.4, -0.2) is 71.2 Å². The van der Waals surface area contributed by atoms with Gasteiger partial charge in [0.25, 0.3) is 5.91 Å². The maximum Gasteiger partial charge on any atom is 0.253 e. The third kappa shape index (κ3) is 4.39. The van der Waals surface area contributed by atoms with Gasteiger partial charge in [-0.05, 0) is 69.4 Å². The van der Waals surface area contributed by atoms with Gasteiger partial charge in [-0.25, -0.2) is 0 Å². The minimum atomic E-state index is -1.29. The average Bonchev–Trinajstić information content (AvgIpc) is 3.24. The summed E-state index contributed by atoms with van der Waals surface area (Å²) in [6.45, 7) is 6.98. The van der Waals surface area contributed by atoms with Crippen LogP contribution in [0.5, 0.6) is 0 Å². The van der Waals surface area contributed by atoms with E-state index in [0.29, 0.717) is 32.5 Å². The van der Waals surface area contributed by atoms with E-state index >= 15 is 0 Å². The molecule has 4 aliphatic rings. The van der Waals surface area contributed by atoms with Crippen LogP contribution in [0.3, 0.4) is 0 Å². The second-order valence-electron chi connectivity index (χ2n) is 12.1. The summed E-state index contributed by atoms with van der Waals surface area (Å²) < 4.78 is 6.95. The molecule has 6 rings (SSSR count). The van der Waals surface area contributed by atoms with Crippen molar-refractivity contribution in [2.24, 2.45) is 11.8 Å². The minimum Gasteiger partial charge on any atom is -0.396 e. The Bertz CT molecular complexity index is 1450. The Morgan fingerprint density at radius 1 is 0.857 bits per heavy atom. The predicted octanol–water partition coefficient (Wildman–Crippen LogP) is 3.94. The fraction of sp³-hybridized carbons (Fsp3) is 0.441. The summed E-state index contributed by atoms with van der Waals surface area (Å²) in [6, 6.07) is 14.6. The molecule has 0 aliphatic carbocycles. The fourth-order valence-corrected chi connectivity index (χ4v) is 7.40. The van der Waals surface area contributed by atoms with Crippen molar-refractivity contribution < 1.29 is 24.2 Å². The number of likely N-dealkylation sites (tertiary alicyclic amines) is 1.